The van der Waals surface area contributed by atoms with Crippen LogP contribution in [0.3, 0.4) is 0 Å². The van der Waals surface area contributed by atoms with Gasteiger partial charge in [-0.25, -0.2) is 0 Å². The summed E-state index contributed by atoms with van der Waals surface area (Å²) < 4.78 is 10.8. The maximum absolute atomic E-state index is 5.68. The van der Waals surface area contributed by atoms with Crippen LogP contribution in [0, 0.1) is 5.92 Å². The van der Waals surface area contributed by atoms with Gasteiger partial charge >= 0.3 is 0 Å². The van der Waals surface area contributed by atoms with E-state index >= 15 is 0 Å². The Morgan fingerprint density at radius 2 is 2.39 bits per heavy atom. The molecule has 100 valence electrons. The van der Waals surface area contributed by atoms with Gasteiger partial charge in [0.2, 0.25) is 0 Å². The van der Waals surface area contributed by atoms with E-state index in [0.29, 0.717) is 12.0 Å². The van der Waals surface area contributed by atoms with E-state index < -0.39 is 0 Å². The SMILES string of the molecule is COc1cccc(CC(NN)C2COC(C)C2)c1. The number of rotatable bonds is 5. The van der Waals surface area contributed by atoms with Crippen molar-refractivity contribution in [3.8, 4) is 5.75 Å². The Balaban J connectivity index is 2.01. The fourth-order valence-electron chi connectivity index (χ4n) is 2.55. The Bertz CT molecular complexity index is 384. The number of methoxy groups -OCH3 is 1. The zero-order valence-corrected chi connectivity index (χ0v) is 11.1. The lowest BCUT2D eigenvalue weighted by Gasteiger charge is -2.21. The van der Waals surface area contributed by atoms with Crippen LogP contribution in [-0.4, -0.2) is 25.9 Å². The third kappa shape index (κ3) is 3.22. The number of hydrogen-bond donors (Lipinski definition) is 2. The topological polar surface area (TPSA) is 56.5 Å². The van der Waals surface area contributed by atoms with Crippen LogP contribution < -0.4 is 16.0 Å². The molecule has 2 rings (SSSR count). The number of benzene rings is 1. The lowest BCUT2D eigenvalue weighted by molar-refractivity contribution is 0.117. The number of nitrogens with one attached hydrogen (secondary N) is 1. The maximum atomic E-state index is 5.68. The number of hydrogen-bond acceptors (Lipinski definition) is 4. The Hall–Kier alpha value is -1.10. The highest BCUT2D eigenvalue weighted by Crippen LogP contribution is 2.24. The minimum atomic E-state index is 0.252. The van der Waals surface area contributed by atoms with E-state index in [1.165, 1.54) is 5.56 Å². The van der Waals surface area contributed by atoms with Gasteiger partial charge in [-0.15, -0.1) is 0 Å². The lowest BCUT2D eigenvalue weighted by atomic mass is 9.92. The average molecular weight is 250 g/mol. The van der Waals surface area contributed by atoms with Gasteiger partial charge in [-0.05, 0) is 37.5 Å². The van der Waals surface area contributed by atoms with Crippen LogP contribution in [0.5, 0.6) is 5.75 Å². The maximum Gasteiger partial charge on any atom is 0.119 e. The van der Waals surface area contributed by atoms with Crippen molar-refractivity contribution < 1.29 is 9.47 Å². The summed E-state index contributed by atoms with van der Waals surface area (Å²) in [5.41, 5.74) is 4.16. The van der Waals surface area contributed by atoms with Crippen molar-refractivity contribution in [2.75, 3.05) is 13.7 Å². The van der Waals surface area contributed by atoms with Gasteiger partial charge in [0.05, 0.1) is 19.8 Å². The van der Waals surface area contributed by atoms with Gasteiger partial charge in [0.25, 0.3) is 0 Å². The van der Waals surface area contributed by atoms with Gasteiger partial charge in [-0.1, -0.05) is 12.1 Å². The van der Waals surface area contributed by atoms with Gasteiger partial charge in [0.15, 0.2) is 0 Å². The van der Waals surface area contributed by atoms with Crippen molar-refractivity contribution in [2.24, 2.45) is 11.8 Å². The van der Waals surface area contributed by atoms with Crippen molar-refractivity contribution in [3.63, 3.8) is 0 Å². The first-order chi connectivity index (χ1) is 8.72. The molecule has 4 heteroatoms. The van der Waals surface area contributed by atoms with Crippen molar-refractivity contribution in [2.45, 2.75) is 31.9 Å². The molecule has 1 aromatic rings. The molecule has 0 radical (unpaired) electrons. The van der Waals surface area contributed by atoms with E-state index in [1.54, 1.807) is 7.11 Å². The molecular weight excluding hydrogens is 228 g/mol. The summed E-state index contributed by atoms with van der Waals surface area (Å²) in [5, 5.41) is 0. The van der Waals surface area contributed by atoms with Crippen LogP contribution in [0.15, 0.2) is 24.3 Å². The minimum Gasteiger partial charge on any atom is -0.497 e. The normalized spacial score (nSPS) is 25.1. The van der Waals surface area contributed by atoms with Gasteiger partial charge in [0, 0.05) is 12.0 Å². The standard InChI is InChI=1S/C14H22N2O2/c1-10-6-12(9-18-10)14(16-15)8-11-4-3-5-13(7-11)17-2/h3-5,7,10,12,14,16H,6,8-9,15H2,1-2H3. The molecule has 3 N–H and O–H groups in total. The second-order valence-electron chi connectivity index (χ2n) is 4.97. The average Bonchev–Trinajstić information content (AvgIpc) is 2.82. The first-order valence-corrected chi connectivity index (χ1v) is 6.43. The monoisotopic (exact) mass is 250 g/mol. The first-order valence-electron chi connectivity index (χ1n) is 6.43. The van der Waals surface area contributed by atoms with E-state index in [4.69, 9.17) is 15.3 Å². The van der Waals surface area contributed by atoms with Crippen molar-refractivity contribution in [1.82, 2.24) is 5.43 Å². The van der Waals surface area contributed by atoms with Gasteiger partial charge in [0.1, 0.15) is 5.75 Å². The van der Waals surface area contributed by atoms with Crippen molar-refractivity contribution in [1.29, 1.82) is 0 Å². The molecule has 4 nitrogen and oxygen atoms in total. The molecule has 3 atom stereocenters. The van der Waals surface area contributed by atoms with Crippen molar-refractivity contribution in [3.05, 3.63) is 29.8 Å². The van der Waals surface area contributed by atoms with Crippen LogP contribution in [0.4, 0.5) is 0 Å². The summed E-state index contributed by atoms with van der Waals surface area (Å²) in [6, 6.07) is 8.38. The third-order valence-electron chi connectivity index (χ3n) is 3.60. The molecule has 0 aromatic heterocycles. The minimum absolute atomic E-state index is 0.252. The highest BCUT2D eigenvalue weighted by molar-refractivity contribution is 5.29. The summed E-state index contributed by atoms with van der Waals surface area (Å²) in [6.45, 7) is 2.90. The molecule has 1 saturated heterocycles. The molecule has 0 bridgehead atoms. The van der Waals surface area contributed by atoms with E-state index in [9.17, 15) is 0 Å². The summed E-state index contributed by atoms with van der Waals surface area (Å²) in [5.74, 6) is 7.05. The quantitative estimate of drug-likeness (QED) is 0.614. The molecule has 0 spiro atoms. The van der Waals surface area contributed by atoms with E-state index in [1.807, 2.05) is 12.1 Å². The molecule has 3 unspecified atom stereocenters. The summed E-state index contributed by atoms with van der Waals surface area (Å²) in [6.07, 6.45) is 2.31. The second kappa shape index (κ2) is 6.18. The number of hydrazine groups is 1. The smallest absolute Gasteiger partial charge is 0.119 e. The van der Waals surface area contributed by atoms with E-state index in [-0.39, 0.29) is 6.04 Å². The Morgan fingerprint density at radius 1 is 1.56 bits per heavy atom. The number of nitrogens with two attached hydrogens (primary N) is 1. The largest absolute Gasteiger partial charge is 0.497 e. The highest BCUT2D eigenvalue weighted by atomic mass is 16.5. The molecule has 0 amide bonds. The van der Waals surface area contributed by atoms with Crippen LogP contribution in [0.25, 0.3) is 0 Å². The van der Waals surface area contributed by atoms with Gasteiger partial charge in [-0.3, -0.25) is 11.3 Å². The third-order valence-corrected chi connectivity index (χ3v) is 3.60. The van der Waals surface area contributed by atoms with Crippen LogP contribution in [0.2, 0.25) is 0 Å². The summed E-state index contributed by atoms with van der Waals surface area (Å²) >= 11 is 0. The Kier molecular flexibility index (Phi) is 4.58. The fourth-order valence-corrected chi connectivity index (χ4v) is 2.55. The fraction of sp³-hybridized carbons (Fsp3) is 0.571. The van der Waals surface area contributed by atoms with Crippen molar-refractivity contribution >= 4 is 0 Å². The summed E-state index contributed by atoms with van der Waals surface area (Å²) in [4.78, 5) is 0. The molecule has 1 heterocycles. The van der Waals surface area contributed by atoms with E-state index in [2.05, 4.69) is 24.5 Å². The second-order valence-corrected chi connectivity index (χ2v) is 4.97. The zero-order valence-electron chi connectivity index (χ0n) is 11.1. The summed E-state index contributed by atoms with van der Waals surface area (Å²) in [7, 11) is 1.68. The molecule has 0 aliphatic carbocycles. The lowest BCUT2D eigenvalue weighted by Crippen LogP contribution is -2.42. The molecule has 0 saturated carbocycles. The Morgan fingerprint density at radius 3 is 3.00 bits per heavy atom. The van der Waals surface area contributed by atoms with E-state index in [0.717, 1.165) is 25.2 Å². The number of ether oxygens (including phenoxy) is 2. The molecule has 18 heavy (non-hydrogen) atoms. The van der Waals surface area contributed by atoms with Crippen LogP contribution in [0.1, 0.15) is 18.9 Å². The Labute approximate surface area is 108 Å². The predicted molar refractivity (Wildman–Crippen MR) is 71.3 cm³/mol. The van der Waals surface area contributed by atoms with Crippen LogP contribution >= 0.6 is 0 Å². The molecular formula is C14H22N2O2. The highest BCUT2D eigenvalue weighted by Gasteiger charge is 2.29. The zero-order chi connectivity index (χ0) is 13.0. The van der Waals surface area contributed by atoms with Crippen LogP contribution in [-0.2, 0) is 11.2 Å². The van der Waals surface area contributed by atoms with Gasteiger partial charge < -0.3 is 9.47 Å². The molecule has 1 fully saturated rings. The van der Waals surface area contributed by atoms with Gasteiger partial charge in [-0.2, -0.15) is 0 Å². The predicted octanol–water partition coefficient (Wildman–Crippen LogP) is 1.49. The molecule has 1 aliphatic heterocycles. The first kappa shape index (κ1) is 13.3. The molecule has 1 aliphatic rings. The molecule has 1 aromatic carbocycles.